The largest absolute Gasteiger partial charge is 0.494 e. The van der Waals surface area contributed by atoms with Crippen LogP contribution in [0.15, 0.2) is 24.4 Å². The highest BCUT2D eigenvalue weighted by atomic mass is 16.5. The van der Waals surface area contributed by atoms with Crippen LogP contribution in [0.1, 0.15) is 54.7 Å². The second-order valence-electron chi connectivity index (χ2n) is 6.70. The average molecular weight is 357 g/mol. The van der Waals surface area contributed by atoms with Crippen molar-refractivity contribution in [1.82, 2.24) is 20.3 Å². The molecule has 0 unspecified atom stereocenters. The summed E-state index contributed by atoms with van der Waals surface area (Å²) in [4.78, 5) is 12.5. The van der Waals surface area contributed by atoms with Crippen molar-refractivity contribution in [2.45, 2.75) is 45.6 Å². The van der Waals surface area contributed by atoms with Gasteiger partial charge in [0.2, 0.25) is 0 Å². The van der Waals surface area contributed by atoms with E-state index in [1.54, 1.807) is 6.20 Å². The SMILES string of the molecule is CCCCOc1ccc(NC(=O)c2cn(C3CCNCC3)nn2)c(C)c1. The molecular weight excluding hydrogens is 330 g/mol. The Hall–Kier alpha value is -2.41. The third-order valence-corrected chi connectivity index (χ3v) is 4.64. The van der Waals surface area contributed by atoms with Crippen LogP contribution in [-0.2, 0) is 0 Å². The number of benzene rings is 1. The zero-order valence-electron chi connectivity index (χ0n) is 15.5. The molecule has 1 aliphatic rings. The summed E-state index contributed by atoms with van der Waals surface area (Å²) in [5.74, 6) is 0.582. The molecule has 0 atom stereocenters. The molecule has 7 heteroatoms. The van der Waals surface area contributed by atoms with Gasteiger partial charge in [-0.15, -0.1) is 5.10 Å². The number of nitrogens with one attached hydrogen (secondary N) is 2. The summed E-state index contributed by atoms with van der Waals surface area (Å²) in [7, 11) is 0. The number of rotatable bonds is 7. The van der Waals surface area contributed by atoms with Gasteiger partial charge < -0.3 is 15.4 Å². The molecule has 0 spiro atoms. The molecule has 1 aromatic heterocycles. The van der Waals surface area contributed by atoms with Crippen LogP contribution in [0.4, 0.5) is 5.69 Å². The lowest BCUT2D eigenvalue weighted by Gasteiger charge is -2.22. The fourth-order valence-electron chi connectivity index (χ4n) is 3.02. The van der Waals surface area contributed by atoms with Crippen molar-refractivity contribution in [2.75, 3.05) is 25.0 Å². The van der Waals surface area contributed by atoms with Crippen LogP contribution in [0.2, 0.25) is 0 Å². The molecule has 0 aliphatic carbocycles. The minimum absolute atomic E-state index is 0.243. The number of carbonyl (C=O) groups excluding carboxylic acids is 1. The van der Waals surface area contributed by atoms with E-state index in [1.165, 1.54) is 0 Å². The molecule has 1 amide bonds. The van der Waals surface area contributed by atoms with Crippen molar-refractivity contribution in [1.29, 1.82) is 0 Å². The fraction of sp³-hybridized carbons (Fsp3) is 0.526. The summed E-state index contributed by atoms with van der Waals surface area (Å²) in [6, 6.07) is 6.00. The van der Waals surface area contributed by atoms with Gasteiger partial charge in [0.1, 0.15) is 5.75 Å². The Morgan fingerprint density at radius 3 is 2.92 bits per heavy atom. The van der Waals surface area contributed by atoms with Crippen molar-refractivity contribution in [2.24, 2.45) is 0 Å². The number of amides is 1. The van der Waals surface area contributed by atoms with Crippen molar-refractivity contribution in [3.8, 4) is 5.75 Å². The Labute approximate surface area is 154 Å². The van der Waals surface area contributed by atoms with Gasteiger partial charge in [0, 0.05) is 5.69 Å². The number of anilines is 1. The first kappa shape index (κ1) is 18.4. The average Bonchev–Trinajstić information content (AvgIpc) is 3.15. The number of unbranched alkanes of at least 4 members (excludes halogenated alkanes) is 1. The van der Waals surface area contributed by atoms with Crippen LogP contribution < -0.4 is 15.4 Å². The molecule has 0 radical (unpaired) electrons. The van der Waals surface area contributed by atoms with Crippen LogP contribution >= 0.6 is 0 Å². The Kier molecular flexibility index (Phi) is 6.22. The van der Waals surface area contributed by atoms with Crippen molar-refractivity contribution in [3.05, 3.63) is 35.7 Å². The molecule has 1 saturated heterocycles. The van der Waals surface area contributed by atoms with Gasteiger partial charge >= 0.3 is 0 Å². The molecule has 1 fully saturated rings. The summed E-state index contributed by atoms with van der Waals surface area (Å²) in [5.41, 5.74) is 2.05. The maximum atomic E-state index is 12.5. The molecule has 2 N–H and O–H groups in total. The van der Waals surface area contributed by atoms with Crippen molar-refractivity contribution in [3.63, 3.8) is 0 Å². The van der Waals surface area contributed by atoms with E-state index in [9.17, 15) is 4.79 Å². The predicted molar refractivity (Wildman–Crippen MR) is 101 cm³/mol. The number of aryl methyl sites for hydroxylation is 1. The summed E-state index contributed by atoms with van der Waals surface area (Å²) >= 11 is 0. The van der Waals surface area contributed by atoms with E-state index in [0.29, 0.717) is 18.3 Å². The Bertz CT molecular complexity index is 737. The van der Waals surface area contributed by atoms with Gasteiger partial charge in [-0.2, -0.15) is 0 Å². The van der Waals surface area contributed by atoms with E-state index in [-0.39, 0.29) is 5.91 Å². The molecule has 3 rings (SSSR count). The lowest BCUT2D eigenvalue weighted by Crippen LogP contribution is -2.29. The fourth-order valence-corrected chi connectivity index (χ4v) is 3.02. The first-order valence-electron chi connectivity index (χ1n) is 9.34. The lowest BCUT2D eigenvalue weighted by molar-refractivity contribution is 0.102. The zero-order chi connectivity index (χ0) is 18.4. The van der Waals surface area contributed by atoms with E-state index in [4.69, 9.17) is 4.74 Å². The second kappa shape index (κ2) is 8.80. The summed E-state index contributed by atoms with van der Waals surface area (Å²) in [5, 5.41) is 14.4. The number of nitrogens with zero attached hydrogens (tertiary/aromatic N) is 3. The van der Waals surface area contributed by atoms with E-state index in [2.05, 4.69) is 27.9 Å². The number of carbonyl (C=O) groups is 1. The molecule has 1 aromatic carbocycles. The molecular formula is C19H27N5O2. The lowest BCUT2D eigenvalue weighted by atomic mass is 10.1. The molecule has 2 heterocycles. The number of aromatic nitrogens is 3. The van der Waals surface area contributed by atoms with Gasteiger partial charge in [0.05, 0.1) is 18.8 Å². The predicted octanol–water partition coefficient (Wildman–Crippen LogP) is 2.94. The van der Waals surface area contributed by atoms with E-state index in [0.717, 1.165) is 55.8 Å². The number of hydrogen-bond donors (Lipinski definition) is 2. The molecule has 7 nitrogen and oxygen atoms in total. The monoisotopic (exact) mass is 357 g/mol. The molecule has 1 aliphatic heterocycles. The maximum Gasteiger partial charge on any atom is 0.277 e. The van der Waals surface area contributed by atoms with Crippen LogP contribution in [0, 0.1) is 6.92 Å². The smallest absolute Gasteiger partial charge is 0.277 e. The molecule has 26 heavy (non-hydrogen) atoms. The summed E-state index contributed by atoms with van der Waals surface area (Å²) < 4.78 is 7.51. The standard InChI is InChI=1S/C19H27N5O2/c1-3-4-11-26-16-5-6-17(14(2)12-16)21-19(25)18-13-24(23-22-18)15-7-9-20-10-8-15/h5-6,12-13,15,20H,3-4,7-11H2,1-2H3,(H,21,25). The van der Waals surface area contributed by atoms with E-state index < -0.39 is 0 Å². The maximum absolute atomic E-state index is 12.5. The minimum atomic E-state index is -0.243. The molecule has 140 valence electrons. The van der Waals surface area contributed by atoms with E-state index in [1.807, 2.05) is 29.8 Å². The topological polar surface area (TPSA) is 81.1 Å². The van der Waals surface area contributed by atoms with Crippen molar-refractivity contribution < 1.29 is 9.53 Å². The number of ether oxygens (including phenoxy) is 1. The summed E-state index contributed by atoms with van der Waals surface area (Å²) in [6.45, 7) is 6.74. The van der Waals surface area contributed by atoms with Gasteiger partial charge in [-0.3, -0.25) is 4.79 Å². The van der Waals surface area contributed by atoms with Crippen molar-refractivity contribution >= 4 is 11.6 Å². The number of piperidine rings is 1. The third-order valence-electron chi connectivity index (χ3n) is 4.64. The third kappa shape index (κ3) is 4.60. The number of hydrogen-bond acceptors (Lipinski definition) is 5. The van der Waals surface area contributed by atoms with Gasteiger partial charge in [-0.1, -0.05) is 18.6 Å². The normalized spacial score (nSPS) is 15.0. The van der Waals surface area contributed by atoms with Crippen LogP contribution in [0.5, 0.6) is 5.75 Å². The van der Waals surface area contributed by atoms with Gasteiger partial charge in [-0.25, -0.2) is 4.68 Å². The molecule has 0 bridgehead atoms. The first-order valence-corrected chi connectivity index (χ1v) is 9.34. The van der Waals surface area contributed by atoms with Crippen LogP contribution in [-0.4, -0.2) is 40.6 Å². The van der Waals surface area contributed by atoms with Gasteiger partial charge in [0.15, 0.2) is 5.69 Å². The van der Waals surface area contributed by atoms with Crippen LogP contribution in [0.3, 0.4) is 0 Å². The highest BCUT2D eigenvalue weighted by Gasteiger charge is 2.19. The highest BCUT2D eigenvalue weighted by molar-refractivity contribution is 6.03. The Morgan fingerprint density at radius 2 is 2.19 bits per heavy atom. The second-order valence-corrected chi connectivity index (χ2v) is 6.70. The Morgan fingerprint density at radius 1 is 1.38 bits per heavy atom. The minimum Gasteiger partial charge on any atom is -0.494 e. The quantitative estimate of drug-likeness (QED) is 0.745. The van der Waals surface area contributed by atoms with E-state index >= 15 is 0 Å². The molecule has 0 saturated carbocycles. The summed E-state index contributed by atoms with van der Waals surface area (Å²) in [6.07, 6.45) is 5.88. The zero-order valence-corrected chi connectivity index (χ0v) is 15.5. The highest BCUT2D eigenvalue weighted by Crippen LogP contribution is 2.22. The van der Waals surface area contributed by atoms with Gasteiger partial charge in [-0.05, 0) is 63.0 Å². The Balaban J connectivity index is 1.61. The molecule has 2 aromatic rings. The van der Waals surface area contributed by atoms with Crippen LogP contribution in [0.25, 0.3) is 0 Å². The first-order chi connectivity index (χ1) is 12.7. The van der Waals surface area contributed by atoms with Gasteiger partial charge in [0.25, 0.3) is 5.91 Å².